The Morgan fingerprint density at radius 2 is 2.31 bits per heavy atom. The van der Waals surface area contributed by atoms with Crippen molar-refractivity contribution in [2.45, 2.75) is 13.5 Å². The van der Waals surface area contributed by atoms with Crippen molar-refractivity contribution in [2.24, 2.45) is 0 Å². The summed E-state index contributed by atoms with van der Waals surface area (Å²) >= 11 is 0. The second kappa shape index (κ2) is 5.15. The topological polar surface area (TPSA) is 99.2 Å². The van der Waals surface area contributed by atoms with Crippen LogP contribution in [0.5, 0.6) is 0 Å². The highest BCUT2D eigenvalue weighted by Gasteiger charge is 2.15. The van der Waals surface area contributed by atoms with Gasteiger partial charge in [-0.25, -0.2) is 4.79 Å². The molecule has 0 fully saturated rings. The average molecular weight is 226 g/mol. The maximum absolute atomic E-state index is 11.2. The number of ether oxygens (including phenoxy) is 1. The normalized spacial score (nSPS) is 9.88. The van der Waals surface area contributed by atoms with Crippen molar-refractivity contribution in [3.05, 3.63) is 11.9 Å². The highest BCUT2D eigenvalue weighted by molar-refractivity contribution is 5.92. The fourth-order valence-electron chi connectivity index (χ4n) is 1.17. The number of likely N-dealkylation sites (N-methyl/N-ethyl adjacent to an activating group) is 1. The van der Waals surface area contributed by atoms with E-state index in [9.17, 15) is 9.59 Å². The molecule has 0 aliphatic carbocycles. The molecule has 0 radical (unpaired) electrons. The summed E-state index contributed by atoms with van der Waals surface area (Å²) in [4.78, 5) is 22.4. The minimum atomic E-state index is -0.618. The lowest BCUT2D eigenvalue weighted by Crippen LogP contribution is -2.27. The molecule has 1 heterocycles. The number of aromatic nitrogens is 2. The molecule has 1 amide bonds. The first kappa shape index (κ1) is 12.0. The number of nitrogen functional groups attached to an aromatic ring is 1. The van der Waals surface area contributed by atoms with Gasteiger partial charge >= 0.3 is 5.97 Å². The molecule has 1 aromatic heterocycles. The van der Waals surface area contributed by atoms with Gasteiger partial charge in [0.25, 0.3) is 0 Å². The number of carbonyl (C=O) groups is 2. The van der Waals surface area contributed by atoms with Crippen LogP contribution in [-0.4, -0.2) is 35.3 Å². The molecule has 0 unspecified atom stereocenters. The van der Waals surface area contributed by atoms with E-state index in [1.54, 1.807) is 0 Å². The van der Waals surface area contributed by atoms with Gasteiger partial charge in [0.1, 0.15) is 6.54 Å². The van der Waals surface area contributed by atoms with Crippen LogP contribution in [0.3, 0.4) is 0 Å². The molecule has 0 atom stereocenters. The van der Waals surface area contributed by atoms with Crippen molar-refractivity contribution in [1.82, 2.24) is 15.1 Å². The van der Waals surface area contributed by atoms with E-state index in [0.29, 0.717) is 6.54 Å². The molecule has 0 bridgehead atoms. The number of amides is 1. The van der Waals surface area contributed by atoms with E-state index in [0.717, 1.165) is 0 Å². The Hall–Kier alpha value is -2.05. The van der Waals surface area contributed by atoms with Crippen molar-refractivity contribution in [1.29, 1.82) is 0 Å². The number of carbonyl (C=O) groups excluding carboxylic acids is 2. The van der Waals surface area contributed by atoms with Crippen molar-refractivity contribution in [2.75, 3.05) is 19.4 Å². The molecule has 3 N–H and O–H groups in total. The van der Waals surface area contributed by atoms with E-state index in [2.05, 4.69) is 15.2 Å². The molecule has 0 aromatic carbocycles. The van der Waals surface area contributed by atoms with Gasteiger partial charge in [-0.3, -0.25) is 9.48 Å². The first-order valence-electron chi connectivity index (χ1n) is 4.76. The molecule has 0 saturated carbocycles. The van der Waals surface area contributed by atoms with Crippen molar-refractivity contribution in [3.8, 4) is 0 Å². The van der Waals surface area contributed by atoms with Gasteiger partial charge in [-0.1, -0.05) is 0 Å². The standard InChI is InChI=1S/C9H14N4O3/c1-3-11-7(14)5-13-4-6(10)8(12-13)9(15)16-2/h4H,3,5,10H2,1-2H3,(H,11,14). The molecular formula is C9H14N4O3. The maximum atomic E-state index is 11.2. The highest BCUT2D eigenvalue weighted by atomic mass is 16.5. The largest absolute Gasteiger partial charge is 0.464 e. The van der Waals surface area contributed by atoms with Crippen LogP contribution < -0.4 is 11.1 Å². The molecule has 7 heteroatoms. The number of rotatable bonds is 4. The Labute approximate surface area is 92.6 Å². The lowest BCUT2D eigenvalue weighted by Gasteiger charge is -2.01. The smallest absolute Gasteiger partial charge is 0.360 e. The molecule has 0 saturated heterocycles. The van der Waals surface area contributed by atoms with Crippen LogP contribution in [0.4, 0.5) is 5.69 Å². The Balaban J connectivity index is 2.77. The van der Waals surface area contributed by atoms with Crippen molar-refractivity contribution < 1.29 is 14.3 Å². The number of nitrogens with zero attached hydrogens (tertiary/aromatic N) is 2. The molecule has 0 spiro atoms. The van der Waals surface area contributed by atoms with E-state index in [4.69, 9.17) is 5.73 Å². The number of nitrogens with two attached hydrogens (primary N) is 1. The number of nitrogens with one attached hydrogen (secondary N) is 1. The fraction of sp³-hybridized carbons (Fsp3) is 0.444. The summed E-state index contributed by atoms with van der Waals surface area (Å²) < 4.78 is 5.79. The predicted octanol–water partition coefficient (Wildman–Crippen LogP) is -0.612. The van der Waals surface area contributed by atoms with E-state index < -0.39 is 5.97 Å². The van der Waals surface area contributed by atoms with Crippen LogP contribution >= 0.6 is 0 Å². The molecule has 16 heavy (non-hydrogen) atoms. The summed E-state index contributed by atoms with van der Waals surface area (Å²) in [6, 6.07) is 0. The maximum Gasteiger partial charge on any atom is 0.360 e. The summed E-state index contributed by atoms with van der Waals surface area (Å²) in [6.45, 7) is 2.38. The van der Waals surface area contributed by atoms with Gasteiger partial charge in [-0.2, -0.15) is 5.10 Å². The van der Waals surface area contributed by atoms with Crippen LogP contribution in [-0.2, 0) is 16.1 Å². The van der Waals surface area contributed by atoms with Gasteiger partial charge in [0, 0.05) is 12.7 Å². The zero-order chi connectivity index (χ0) is 12.1. The molecular weight excluding hydrogens is 212 g/mol. The van der Waals surface area contributed by atoms with E-state index in [-0.39, 0.29) is 23.8 Å². The molecule has 1 rings (SSSR count). The average Bonchev–Trinajstić information content (AvgIpc) is 2.58. The molecule has 1 aromatic rings. The Morgan fingerprint density at radius 3 is 2.88 bits per heavy atom. The van der Waals surface area contributed by atoms with Crippen LogP contribution in [0.2, 0.25) is 0 Å². The molecule has 7 nitrogen and oxygen atoms in total. The van der Waals surface area contributed by atoms with E-state index in [1.807, 2.05) is 6.92 Å². The quantitative estimate of drug-likeness (QED) is 0.667. The Morgan fingerprint density at radius 1 is 1.62 bits per heavy atom. The van der Waals surface area contributed by atoms with Gasteiger partial charge in [0.05, 0.1) is 12.8 Å². The second-order valence-electron chi connectivity index (χ2n) is 3.08. The summed E-state index contributed by atoms with van der Waals surface area (Å²) in [7, 11) is 1.24. The van der Waals surface area contributed by atoms with Crippen LogP contribution in [0.25, 0.3) is 0 Å². The predicted molar refractivity (Wildman–Crippen MR) is 56.7 cm³/mol. The van der Waals surface area contributed by atoms with Crippen molar-refractivity contribution >= 4 is 17.6 Å². The third kappa shape index (κ3) is 2.72. The number of methoxy groups -OCH3 is 1. The van der Waals surface area contributed by atoms with Crippen LogP contribution in [0.1, 0.15) is 17.4 Å². The fourth-order valence-corrected chi connectivity index (χ4v) is 1.17. The molecule has 0 aliphatic heterocycles. The lowest BCUT2D eigenvalue weighted by atomic mass is 10.4. The van der Waals surface area contributed by atoms with E-state index >= 15 is 0 Å². The first-order valence-corrected chi connectivity index (χ1v) is 4.76. The van der Waals surface area contributed by atoms with Crippen molar-refractivity contribution in [3.63, 3.8) is 0 Å². The molecule has 88 valence electrons. The lowest BCUT2D eigenvalue weighted by molar-refractivity contribution is -0.121. The van der Waals surface area contributed by atoms with Gasteiger partial charge in [-0.05, 0) is 6.92 Å². The Kier molecular flexibility index (Phi) is 3.87. The summed E-state index contributed by atoms with van der Waals surface area (Å²) in [5, 5.41) is 6.47. The zero-order valence-electron chi connectivity index (χ0n) is 9.19. The van der Waals surface area contributed by atoms with Gasteiger partial charge in [-0.15, -0.1) is 0 Å². The number of hydrogen-bond acceptors (Lipinski definition) is 5. The van der Waals surface area contributed by atoms with Crippen LogP contribution in [0.15, 0.2) is 6.20 Å². The minimum absolute atomic E-state index is 0.0202. The van der Waals surface area contributed by atoms with Gasteiger partial charge < -0.3 is 15.8 Å². The minimum Gasteiger partial charge on any atom is -0.464 e. The number of hydrogen-bond donors (Lipinski definition) is 2. The van der Waals surface area contributed by atoms with Crippen LogP contribution in [0, 0.1) is 0 Å². The number of anilines is 1. The Bertz CT molecular complexity index is 399. The van der Waals surface area contributed by atoms with Gasteiger partial charge in [0.15, 0.2) is 5.69 Å². The number of esters is 1. The summed E-state index contributed by atoms with van der Waals surface area (Å²) in [6.07, 6.45) is 1.42. The third-order valence-electron chi connectivity index (χ3n) is 1.85. The van der Waals surface area contributed by atoms with E-state index in [1.165, 1.54) is 18.0 Å². The summed E-state index contributed by atoms with van der Waals surface area (Å²) in [5.41, 5.74) is 5.76. The highest BCUT2D eigenvalue weighted by Crippen LogP contribution is 2.09. The second-order valence-corrected chi connectivity index (χ2v) is 3.08. The third-order valence-corrected chi connectivity index (χ3v) is 1.85. The molecule has 0 aliphatic rings. The van der Waals surface area contributed by atoms with Gasteiger partial charge in [0.2, 0.25) is 5.91 Å². The zero-order valence-corrected chi connectivity index (χ0v) is 9.19. The SMILES string of the molecule is CCNC(=O)Cn1cc(N)c(C(=O)OC)n1. The first-order chi connectivity index (χ1) is 7.58. The monoisotopic (exact) mass is 226 g/mol. The summed E-state index contributed by atoms with van der Waals surface area (Å²) in [5.74, 6) is -0.812.